The molecule has 2 heterocycles. The zero-order valence-electron chi connectivity index (χ0n) is 20.2. The number of aliphatic hydroxyl groups is 1. The first kappa shape index (κ1) is 22.9. The van der Waals surface area contributed by atoms with Crippen LogP contribution in [0.5, 0.6) is 0 Å². The van der Waals surface area contributed by atoms with Gasteiger partial charge in [0.2, 0.25) is 0 Å². The highest BCUT2D eigenvalue weighted by Crippen LogP contribution is 2.71. The second kappa shape index (κ2) is 7.59. The van der Waals surface area contributed by atoms with Crippen molar-refractivity contribution in [2.75, 3.05) is 6.54 Å². The van der Waals surface area contributed by atoms with Gasteiger partial charge in [0.1, 0.15) is 5.72 Å². The Balaban J connectivity index is 0.00000204. The number of hydrogen-bond donors (Lipinski definition) is 2. The first-order valence-electron chi connectivity index (χ1n) is 13.4. The third-order valence-corrected chi connectivity index (χ3v) is 12.1. The summed E-state index contributed by atoms with van der Waals surface area (Å²) in [6.45, 7) is 11.3. The summed E-state index contributed by atoms with van der Waals surface area (Å²) in [5.41, 5.74) is 0.919. The third kappa shape index (κ3) is 3.08. The van der Waals surface area contributed by atoms with Gasteiger partial charge in [0.15, 0.2) is 0 Å². The Kier molecular flexibility index (Phi) is 5.61. The molecular formula is C27H46ClNO2. The van der Waals surface area contributed by atoms with Crippen LogP contribution in [0.25, 0.3) is 0 Å². The quantitative estimate of drug-likeness (QED) is 0.489. The maximum Gasteiger partial charge on any atom is 0.122 e. The third-order valence-electron chi connectivity index (χ3n) is 12.1. The molecule has 6 fully saturated rings. The molecule has 4 saturated carbocycles. The van der Waals surface area contributed by atoms with Crippen LogP contribution in [0.1, 0.15) is 91.9 Å². The number of piperidine rings is 1. The molecule has 0 aromatic heterocycles. The first-order valence-corrected chi connectivity index (χ1v) is 13.4. The normalized spacial score (nSPS) is 60.5. The van der Waals surface area contributed by atoms with E-state index >= 15 is 0 Å². The summed E-state index contributed by atoms with van der Waals surface area (Å²) in [5, 5.41) is 14.2. The Morgan fingerprint density at radius 2 is 1.65 bits per heavy atom. The van der Waals surface area contributed by atoms with Crippen LogP contribution in [-0.4, -0.2) is 29.6 Å². The number of aliphatic hydroxyl groups excluding tert-OH is 1. The second-order valence-corrected chi connectivity index (χ2v) is 13.3. The lowest BCUT2D eigenvalue weighted by Crippen LogP contribution is -2.57. The van der Waals surface area contributed by atoms with E-state index in [1.54, 1.807) is 0 Å². The summed E-state index contributed by atoms with van der Waals surface area (Å²) >= 11 is 0. The van der Waals surface area contributed by atoms with Crippen molar-refractivity contribution in [2.24, 2.45) is 52.3 Å². The lowest BCUT2D eigenvalue weighted by atomic mass is 9.44. The lowest BCUT2D eigenvalue weighted by Gasteiger charge is -2.61. The summed E-state index contributed by atoms with van der Waals surface area (Å²) in [6.07, 6.45) is 13.2. The van der Waals surface area contributed by atoms with Gasteiger partial charge in [0, 0.05) is 12.5 Å². The van der Waals surface area contributed by atoms with Gasteiger partial charge in [-0.2, -0.15) is 0 Å². The Hall–Kier alpha value is 0.170. The molecule has 2 N–H and O–H groups in total. The van der Waals surface area contributed by atoms with Crippen molar-refractivity contribution in [1.29, 1.82) is 0 Å². The maximum atomic E-state index is 10.3. The van der Waals surface area contributed by atoms with Gasteiger partial charge in [-0.25, -0.2) is 0 Å². The van der Waals surface area contributed by atoms with E-state index in [9.17, 15) is 5.11 Å². The van der Waals surface area contributed by atoms with Crippen LogP contribution in [-0.2, 0) is 4.74 Å². The molecule has 0 radical (unpaired) electrons. The van der Waals surface area contributed by atoms with E-state index in [0.717, 1.165) is 54.9 Å². The maximum absolute atomic E-state index is 10.3. The highest BCUT2D eigenvalue weighted by Gasteiger charge is 2.68. The molecule has 178 valence electrons. The van der Waals surface area contributed by atoms with Crippen molar-refractivity contribution in [3.05, 3.63) is 0 Å². The Morgan fingerprint density at radius 3 is 2.39 bits per heavy atom. The second-order valence-electron chi connectivity index (χ2n) is 13.3. The average molecular weight is 452 g/mol. The summed E-state index contributed by atoms with van der Waals surface area (Å²) in [5.74, 6) is 5.57. The van der Waals surface area contributed by atoms with Crippen LogP contribution in [0.2, 0.25) is 0 Å². The van der Waals surface area contributed by atoms with E-state index in [-0.39, 0.29) is 24.2 Å². The molecule has 4 aliphatic carbocycles. The van der Waals surface area contributed by atoms with E-state index < -0.39 is 0 Å². The van der Waals surface area contributed by atoms with Crippen LogP contribution < -0.4 is 5.32 Å². The number of nitrogens with one attached hydrogen (secondary N) is 1. The van der Waals surface area contributed by atoms with Crippen LogP contribution >= 0.6 is 12.4 Å². The van der Waals surface area contributed by atoms with E-state index in [1.165, 1.54) is 51.4 Å². The minimum absolute atomic E-state index is 0. The zero-order chi connectivity index (χ0) is 20.9. The highest BCUT2D eigenvalue weighted by atomic mass is 35.5. The van der Waals surface area contributed by atoms with Crippen LogP contribution in [0.15, 0.2) is 0 Å². The summed E-state index contributed by atoms with van der Waals surface area (Å²) in [6, 6.07) is 0. The van der Waals surface area contributed by atoms with Gasteiger partial charge in [-0.05, 0) is 111 Å². The molecule has 1 spiro atoms. The van der Waals surface area contributed by atoms with Crippen molar-refractivity contribution in [1.82, 2.24) is 5.32 Å². The number of halogens is 1. The van der Waals surface area contributed by atoms with Gasteiger partial charge in [0.05, 0.1) is 12.2 Å². The van der Waals surface area contributed by atoms with E-state index in [0.29, 0.717) is 22.9 Å². The van der Waals surface area contributed by atoms with Gasteiger partial charge in [-0.15, -0.1) is 12.4 Å². The zero-order valence-corrected chi connectivity index (χ0v) is 21.1. The predicted molar refractivity (Wildman–Crippen MR) is 127 cm³/mol. The van der Waals surface area contributed by atoms with Crippen molar-refractivity contribution in [3.63, 3.8) is 0 Å². The van der Waals surface area contributed by atoms with E-state index in [1.807, 2.05) is 0 Å². The summed E-state index contributed by atoms with van der Waals surface area (Å²) in [4.78, 5) is 0. The minimum Gasteiger partial charge on any atom is -0.393 e. The molecular weight excluding hydrogens is 406 g/mol. The van der Waals surface area contributed by atoms with Crippen molar-refractivity contribution < 1.29 is 9.84 Å². The van der Waals surface area contributed by atoms with E-state index in [4.69, 9.17) is 4.74 Å². The molecule has 0 aromatic rings. The fourth-order valence-electron chi connectivity index (χ4n) is 10.4. The molecule has 12 atom stereocenters. The van der Waals surface area contributed by atoms with Gasteiger partial charge in [-0.1, -0.05) is 27.7 Å². The molecule has 3 nitrogen and oxygen atoms in total. The van der Waals surface area contributed by atoms with Gasteiger partial charge >= 0.3 is 0 Å². The van der Waals surface area contributed by atoms with Crippen molar-refractivity contribution in [3.8, 4) is 0 Å². The van der Waals surface area contributed by atoms with Crippen LogP contribution in [0, 0.1) is 52.3 Å². The van der Waals surface area contributed by atoms with Crippen molar-refractivity contribution >= 4 is 12.4 Å². The smallest absolute Gasteiger partial charge is 0.122 e. The number of fused-ring (bicyclic) bond motifs is 7. The Morgan fingerprint density at radius 1 is 0.871 bits per heavy atom. The van der Waals surface area contributed by atoms with E-state index in [2.05, 4.69) is 33.0 Å². The molecule has 6 rings (SSSR count). The molecule has 2 aliphatic heterocycles. The molecule has 6 aliphatic rings. The largest absolute Gasteiger partial charge is 0.393 e. The van der Waals surface area contributed by atoms with Crippen LogP contribution in [0.4, 0.5) is 0 Å². The standard InChI is InChI=1S/C27H45NO2.ClH/c1-16-7-12-27(28-15-16)17(2)24-23(30-27)14-22-20-6-5-18-13-19(29)8-10-25(18,3)21(20)9-11-26(22,24)4;/h16-24,28-29H,5-15H2,1-4H3;1H/t16-,17-,18-,19-,20+,21-,22-,23-,24-,25-,26-,27-;/m0./s1. The van der Waals surface area contributed by atoms with Gasteiger partial charge < -0.3 is 9.84 Å². The fourth-order valence-corrected chi connectivity index (χ4v) is 10.4. The van der Waals surface area contributed by atoms with Gasteiger partial charge in [-0.3, -0.25) is 5.32 Å². The SMILES string of the molecule is C[C@H]1CC[C@]2(NC1)O[C@H]1C[C@H]3[C@@H]4CC[C@H]5C[C@@H](O)CC[C@]5(C)[C@H]4CC[C@]3(C)[C@H]1[C@@H]2C.Cl. The predicted octanol–water partition coefficient (Wildman–Crippen LogP) is 5.79. The lowest BCUT2D eigenvalue weighted by molar-refractivity contribution is -0.140. The molecule has 31 heavy (non-hydrogen) atoms. The molecule has 0 unspecified atom stereocenters. The summed E-state index contributed by atoms with van der Waals surface area (Å²) in [7, 11) is 0. The average Bonchev–Trinajstić information content (AvgIpc) is 3.16. The minimum atomic E-state index is -0.0320. The summed E-state index contributed by atoms with van der Waals surface area (Å²) < 4.78 is 7.01. The Bertz CT molecular complexity index is 693. The Labute approximate surface area is 196 Å². The van der Waals surface area contributed by atoms with Gasteiger partial charge in [0.25, 0.3) is 0 Å². The molecule has 0 amide bonds. The number of hydrogen-bond acceptors (Lipinski definition) is 3. The molecule has 0 bridgehead atoms. The molecule has 4 heteroatoms. The first-order chi connectivity index (χ1) is 14.3. The monoisotopic (exact) mass is 451 g/mol. The highest BCUT2D eigenvalue weighted by molar-refractivity contribution is 5.85. The number of ether oxygens (including phenoxy) is 1. The fraction of sp³-hybridized carbons (Fsp3) is 1.00. The number of rotatable bonds is 0. The topological polar surface area (TPSA) is 41.5 Å². The molecule has 2 saturated heterocycles. The van der Waals surface area contributed by atoms with Crippen LogP contribution in [0.3, 0.4) is 0 Å². The molecule has 0 aromatic carbocycles. The van der Waals surface area contributed by atoms with Crippen molar-refractivity contribution in [2.45, 2.75) is 110 Å².